The van der Waals surface area contributed by atoms with Crippen LogP contribution >= 0.6 is 0 Å². The Hall–Kier alpha value is -4.12. The molecule has 0 aliphatic heterocycles. The average Bonchev–Trinajstić information content (AvgIpc) is 3.47. The van der Waals surface area contributed by atoms with Crippen molar-refractivity contribution in [3.8, 4) is 23.1 Å². The van der Waals surface area contributed by atoms with E-state index in [-0.39, 0.29) is 0 Å². The number of nitrogens with one attached hydrogen (secondary N) is 1. The number of aromatic amines is 1. The van der Waals surface area contributed by atoms with Gasteiger partial charge in [-0.15, -0.1) is 0 Å². The molecule has 4 aromatic rings. The van der Waals surface area contributed by atoms with E-state index in [1.807, 2.05) is 54.9 Å². The van der Waals surface area contributed by atoms with Crippen LogP contribution in [0.3, 0.4) is 0 Å². The van der Waals surface area contributed by atoms with Crippen LogP contribution in [0.25, 0.3) is 28.1 Å². The van der Waals surface area contributed by atoms with Crippen LogP contribution < -0.4 is 5.73 Å². The van der Waals surface area contributed by atoms with E-state index in [0.29, 0.717) is 22.8 Å². The molecule has 1 saturated carbocycles. The number of rotatable bonds is 5. The Morgan fingerprint density at radius 1 is 1.12 bits per heavy atom. The molecule has 3 N–H and O–H groups in total. The largest absolute Gasteiger partial charge is 0.385 e. The molecule has 3 heterocycles. The van der Waals surface area contributed by atoms with Crippen molar-refractivity contribution in [1.29, 1.82) is 5.26 Å². The SMILES string of the molecule is Cc1cc(C)n(-c2cc(N)[nH]c3nn(CCC4CC4)c(-c4ccc(C#N)cc4)c3ccn2)n1. The zero-order valence-electron chi connectivity index (χ0n) is 18.8. The first kappa shape index (κ1) is 20.8. The predicted octanol–water partition coefficient (Wildman–Crippen LogP) is 4.61. The molecule has 1 aliphatic carbocycles. The summed E-state index contributed by atoms with van der Waals surface area (Å²) in [6.45, 7) is 4.76. The molecule has 0 saturated heterocycles. The van der Waals surface area contributed by atoms with Crippen molar-refractivity contribution < 1.29 is 0 Å². The Balaban J connectivity index is 1.69. The van der Waals surface area contributed by atoms with Gasteiger partial charge in [0.15, 0.2) is 11.5 Å². The third kappa shape index (κ3) is 4.30. The number of nitriles is 1. The Bertz CT molecular complexity index is 1410. The lowest BCUT2D eigenvalue weighted by atomic mass is 10.1. The zero-order valence-corrected chi connectivity index (χ0v) is 18.8. The predicted molar refractivity (Wildman–Crippen MR) is 128 cm³/mol. The van der Waals surface area contributed by atoms with Crippen molar-refractivity contribution in [2.75, 3.05) is 5.73 Å². The summed E-state index contributed by atoms with van der Waals surface area (Å²) in [7, 11) is 0. The number of aromatic nitrogens is 6. The van der Waals surface area contributed by atoms with Gasteiger partial charge in [-0.2, -0.15) is 15.5 Å². The van der Waals surface area contributed by atoms with Gasteiger partial charge in [0.1, 0.15) is 5.82 Å². The van der Waals surface area contributed by atoms with Gasteiger partial charge in [0.25, 0.3) is 0 Å². The van der Waals surface area contributed by atoms with Gasteiger partial charge in [-0.05, 0) is 50.5 Å². The normalized spacial score (nSPS) is 13.1. The molecule has 0 bridgehead atoms. The van der Waals surface area contributed by atoms with Crippen molar-refractivity contribution in [2.24, 2.45) is 5.92 Å². The van der Waals surface area contributed by atoms with Crippen LogP contribution in [0.2, 0.25) is 0 Å². The number of nitrogens with zero attached hydrogens (tertiary/aromatic N) is 6. The highest BCUT2D eigenvalue weighted by Gasteiger charge is 2.22. The number of hydrogen-bond donors (Lipinski definition) is 2. The molecule has 8 heteroatoms. The highest BCUT2D eigenvalue weighted by Crippen LogP contribution is 2.34. The Morgan fingerprint density at radius 2 is 1.91 bits per heavy atom. The number of aryl methyl sites for hydroxylation is 3. The molecule has 3 aromatic heterocycles. The Kier molecular flexibility index (Phi) is 5.31. The molecule has 0 atom stereocenters. The van der Waals surface area contributed by atoms with Gasteiger partial charge in [0, 0.05) is 35.5 Å². The summed E-state index contributed by atoms with van der Waals surface area (Å²) in [5, 5.41) is 19.5. The number of nitrogen functional groups attached to an aromatic ring is 1. The van der Waals surface area contributed by atoms with Crippen molar-refractivity contribution in [2.45, 2.75) is 39.7 Å². The molecule has 0 amide bonds. The van der Waals surface area contributed by atoms with Crippen molar-refractivity contribution in [3.05, 3.63) is 65.6 Å². The quantitative estimate of drug-likeness (QED) is 0.472. The van der Waals surface area contributed by atoms with Crippen LogP contribution in [0, 0.1) is 31.1 Å². The van der Waals surface area contributed by atoms with Crippen molar-refractivity contribution >= 4 is 16.9 Å². The lowest BCUT2D eigenvalue weighted by molar-refractivity contribution is 0.554. The lowest BCUT2D eigenvalue weighted by Crippen LogP contribution is -2.03. The molecular weight excluding hydrogens is 412 g/mol. The van der Waals surface area contributed by atoms with Crippen LogP contribution in [0.15, 0.2) is 48.7 Å². The second-order valence-electron chi connectivity index (χ2n) is 8.62. The summed E-state index contributed by atoms with van der Waals surface area (Å²) in [6, 6.07) is 15.5. The van der Waals surface area contributed by atoms with Crippen molar-refractivity contribution in [1.82, 2.24) is 29.5 Å². The maximum atomic E-state index is 9.20. The fourth-order valence-electron chi connectivity index (χ4n) is 4.12. The summed E-state index contributed by atoms with van der Waals surface area (Å²) in [6.07, 6.45) is 5.45. The molecule has 1 aliphatic rings. The molecule has 8 nitrogen and oxygen atoms in total. The van der Waals surface area contributed by atoms with E-state index in [2.05, 4.69) is 21.1 Å². The monoisotopic (exact) mass is 438 g/mol. The number of hydrogen-bond acceptors (Lipinski definition) is 5. The van der Waals surface area contributed by atoms with Crippen LogP contribution in [0.5, 0.6) is 0 Å². The average molecular weight is 439 g/mol. The third-order valence-corrected chi connectivity index (χ3v) is 5.94. The summed E-state index contributed by atoms with van der Waals surface area (Å²) in [5.41, 5.74) is 11.5. The lowest BCUT2D eigenvalue weighted by Gasteiger charge is -2.08. The summed E-state index contributed by atoms with van der Waals surface area (Å²) < 4.78 is 3.82. The second kappa shape index (κ2) is 8.43. The van der Waals surface area contributed by atoms with E-state index in [0.717, 1.165) is 46.9 Å². The van der Waals surface area contributed by atoms with E-state index in [1.165, 1.54) is 12.8 Å². The third-order valence-electron chi connectivity index (χ3n) is 5.94. The minimum absolute atomic E-state index is 0.435. The highest BCUT2D eigenvalue weighted by atomic mass is 15.3. The van der Waals surface area contributed by atoms with Gasteiger partial charge in [-0.25, -0.2) is 9.67 Å². The van der Waals surface area contributed by atoms with Crippen LogP contribution in [-0.4, -0.2) is 29.5 Å². The van der Waals surface area contributed by atoms with Gasteiger partial charge in [0.2, 0.25) is 0 Å². The molecule has 0 unspecified atom stereocenters. The summed E-state index contributed by atoms with van der Waals surface area (Å²) >= 11 is 0. The molecule has 5 rings (SSSR count). The number of nitrogens with two attached hydrogens (primary N) is 1. The van der Waals surface area contributed by atoms with Crippen LogP contribution in [0.1, 0.15) is 36.2 Å². The molecule has 166 valence electrons. The fourth-order valence-corrected chi connectivity index (χ4v) is 4.12. The zero-order chi connectivity index (χ0) is 22.9. The van der Waals surface area contributed by atoms with E-state index in [4.69, 9.17) is 10.8 Å². The molecule has 1 aromatic carbocycles. The number of H-pyrrole nitrogens is 1. The molecule has 1 fully saturated rings. The molecule has 0 radical (unpaired) electrons. The van der Waals surface area contributed by atoms with E-state index >= 15 is 0 Å². The van der Waals surface area contributed by atoms with Crippen LogP contribution in [0.4, 0.5) is 5.82 Å². The van der Waals surface area contributed by atoms with E-state index in [1.54, 1.807) is 16.9 Å². The van der Waals surface area contributed by atoms with Gasteiger partial charge in [0.05, 0.1) is 23.0 Å². The number of anilines is 1. The van der Waals surface area contributed by atoms with E-state index < -0.39 is 0 Å². The smallest absolute Gasteiger partial charge is 0.161 e. The first-order chi connectivity index (χ1) is 16.0. The van der Waals surface area contributed by atoms with Crippen molar-refractivity contribution in [3.63, 3.8) is 0 Å². The standard InChI is InChI=1S/C25H26N8/c1-16-13-17(2)33(30-16)23-14-22(27)29-25-21(9-11-28-23)24(20-7-5-19(15-26)6-8-20)32(31-25)12-10-18-3-4-18/h5-9,11,13-14,18H,3-4,10,12,27H2,1-2H3,(H,29,31). The summed E-state index contributed by atoms with van der Waals surface area (Å²) in [5.74, 6) is 1.84. The Labute approximate surface area is 192 Å². The van der Waals surface area contributed by atoms with Gasteiger partial charge < -0.3 is 10.7 Å². The summed E-state index contributed by atoms with van der Waals surface area (Å²) in [4.78, 5) is 7.92. The van der Waals surface area contributed by atoms with Gasteiger partial charge in [-0.3, -0.25) is 4.68 Å². The van der Waals surface area contributed by atoms with Gasteiger partial charge >= 0.3 is 0 Å². The number of benzene rings is 1. The maximum absolute atomic E-state index is 9.20. The molecule has 33 heavy (non-hydrogen) atoms. The molecule has 0 spiro atoms. The molecular formula is C25H26N8. The minimum atomic E-state index is 0.435. The van der Waals surface area contributed by atoms with E-state index in [9.17, 15) is 5.26 Å². The first-order valence-electron chi connectivity index (χ1n) is 11.2. The maximum Gasteiger partial charge on any atom is 0.161 e. The Morgan fingerprint density at radius 3 is 2.58 bits per heavy atom. The second-order valence-corrected chi connectivity index (χ2v) is 8.62. The topological polar surface area (TPSA) is 114 Å². The highest BCUT2D eigenvalue weighted by molar-refractivity contribution is 5.91. The fraction of sp³-hybridized carbons (Fsp3) is 0.280. The van der Waals surface area contributed by atoms with Crippen LogP contribution in [-0.2, 0) is 6.54 Å². The van der Waals surface area contributed by atoms with Gasteiger partial charge in [-0.1, -0.05) is 25.0 Å². The minimum Gasteiger partial charge on any atom is -0.385 e. The first-order valence-corrected chi connectivity index (χ1v) is 11.2. The number of fused-ring (bicyclic) bond motifs is 1.